The smallest absolute Gasteiger partial charge is 0.171 e. The second-order valence-electron chi connectivity index (χ2n) is 14.6. The van der Waals surface area contributed by atoms with E-state index in [1.807, 2.05) is 12.3 Å². The number of hydrogen-bond donors (Lipinski definition) is 0. The first-order valence-electron chi connectivity index (χ1n) is 16.5. The fourth-order valence-electron chi connectivity index (χ4n) is 10.1. The van der Waals surface area contributed by atoms with Gasteiger partial charge in [0, 0.05) is 17.9 Å². The number of benzene rings is 2. The van der Waals surface area contributed by atoms with Crippen LogP contribution in [0, 0.1) is 40.8 Å². The van der Waals surface area contributed by atoms with E-state index >= 15 is 0 Å². The Balaban J connectivity index is 0.933. The molecule has 3 aromatic rings. The minimum atomic E-state index is -0.337. The molecule has 9 atom stereocenters. The second kappa shape index (κ2) is 10.4. The van der Waals surface area contributed by atoms with Crippen molar-refractivity contribution in [1.82, 2.24) is 15.0 Å². The van der Waals surface area contributed by atoms with Crippen molar-refractivity contribution >= 4 is 0 Å². The third-order valence-electron chi connectivity index (χ3n) is 12.2. The number of aromatic nitrogens is 3. The molecule has 8 rings (SSSR count). The van der Waals surface area contributed by atoms with Gasteiger partial charge in [0.25, 0.3) is 0 Å². The van der Waals surface area contributed by atoms with E-state index in [0.717, 1.165) is 42.7 Å². The highest BCUT2D eigenvalue weighted by Crippen LogP contribution is 2.69. The summed E-state index contributed by atoms with van der Waals surface area (Å²) in [7, 11) is 0. The molecule has 228 valence electrons. The van der Waals surface area contributed by atoms with Crippen LogP contribution in [-0.2, 0) is 29.0 Å². The first-order chi connectivity index (χ1) is 20.8. The Morgan fingerprint density at radius 2 is 1.98 bits per heavy atom. The molecular weight excluding hydrogens is 541 g/mol. The van der Waals surface area contributed by atoms with Crippen LogP contribution in [0.4, 0.5) is 4.39 Å². The van der Waals surface area contributed by atoms with Gasteiger partial charge in [-0.05, 0) is 103 Å². The summed E-state index contributed by atoms with van der Waals surface area (Å²) in [4.78, 5) is 0. The van der Waals surface area contributed by atoms with Crippen LogP contribution in [0.2, 0.25) is 0 Å². The fraction of sp³-hybridized carbons (Fsp3) is 0.611. The third-order valence-corrected chi connectivity index (χ3v) is 12.2. The van der Waals surface area contributed by atoms with Gasteiger partial charge in [0.2, 0.25) is 0 Å². The summed E-state index contributed by atoms with van der Waals surface area (Å²) in [6.45, 7) is 8.86. The van der Waals surface area contributed by atoms with Crippen LogP contribution in [0.5, 0.6) is 5.75 Å². The van der Waals surface area contributed by atoms with Crippen molar-refractivity contribution in [2.45, 2.75) is 96.7 Å². The zero-order valence-electron chi connectivity index (χ0n) is 25.7. The molecule has 5 aliphatic rings. The predicted molar refractivity (Wildman–Crippen MR) is 161 cm³/mol. The molecule has 1 spiro atoms. The average Bonchev–Trinajstić information content (AvgIpc) is 3.66. The van der Waals surface area contributed by atoms with Crippen molar-refractivity contribution in [3.8, 4) is 5.75 Å². The topological polar surface area (TPSA) is 58.4 Å². The molecule has 0 amide bonds. The predicted octanol–water partition coefficient (Wildman–Crippen LogP) is 7.30. The molecule has 2 saturated carbocycles. The first kappa shape index (κ1) is 27.8. The Labute approximate surface area is 254 Å². The van der Waals surface area contributed by atoms with Crippen molar-refractivity contribution in [2.24, 2.45) is 35.0 Å². The lowest BCUT2D eigenvalue weighted by Crippen LogP contribution is -2.48. The molecule has 2 saturated heterocycles. The summed E-state index contributed by atoms with van der Waals surface area (Å²) in [5.41, 5.74) is 4.64. The normalized spacial score (nSPS) is 37.9. The summed E-state index contributed by atoms with van der Waals surface area (Å²) in [6, 6.07) is 13.5. The molecule has 7 heteroatoms. The molecule has 0 N–H and O–H groups in total. The van der Waals surface area contributed by atoms with Crippen LogP contribution < -0.4 is 4.74 Å². The van der Waals surface area contributed by atoms with Crippen LogP contribution >= 0.6 is 0 Å². The van der Waals surface area contributed by atoms with Crippen LogP contribution in [0.25, 0.3) is 0 Å². The van der Waals surface area contributed by atoms with Crippen LogP contribution in [0.3, 0.4) is 0 Å². The third kappa shape index (κ3) is 4.56. The van der Waals surface area contributed by atoms with E-state index in [2.05, 4.69) is 49.3 Å². The van der Waals surface area contributed by atoms with E-state index in [1.54, 1.807) is 16.8 Å². The summed E-state index contributed by atoms with van der Waals surface area (Å²) < 4.78 is 35.3. The van der Waals surface area contributed by atoms with E-state index in [9.17, 15) is 4.39 Å². The highest BCUT2D eigenvalue weighted by atomic mass is 19.1. The SMILES string of the molecule is C[C@@H]1CC[C@@]2(OC1)O[C@H]1C[C@H]3[C@@H]4CCc5cc(OCc6cn(Cc7ccccc7F)nn6)ccc5[C@H]4CC[C@]3(C)[C@H]1[C@@H]2C. The molecule has 0 radical (unpaired) electrons. The molecule has 43 heavy (non-hydrogen) atoms. The highest BCUT2D eigenvalue weighted by Gasteiger charge is 2.67. The van der Waals surface area contributed by atoms with Crippen molar-refractivity contribution in [3.63, 3.8) is 0 Å². The molecular formula is C36H44FN3O3. The zero-order valence-corrected chi connectivity index (χ0v) is 25.7. The van der Waals surface area contributed by atoms with Gasteiger partial charge >= 0.3 is 0 Å². The average molecular weight is 586 g/mol. The van der Waals surface area contributed by atoms with Crippen LogP contribution in [-0.4, -0.2) is 33.5 Å². The lowest BCUT2D eigenvalue weighted by Gasteiger charge is -2.52. The number of rotatable bonds is 5. The maximum Gasteiger partial charge on any atom is 0.171 e. The van der Waals surface area contributed by atoms with Gasteiger partial charge in [0.15, 0.2) is 5.79 Å². The molecule has 2 aliphatic heterocycles. The molecule has 3 heterocycles. The minimum Gasteiger partial charge on any atom is -0.487 e. The quantitative estimate of drug-likeness (QED) is 0.314. The molecule has 4 fully saturated rings. The number of aryl methyl sites for hydroxylation is 1. The maximum absolute atomic E-state index is 14.0. The van der Waals surface area contributed by atoms with E-state index in [-0.39, 0.29) is 11.6 Å². The van der Waals surface area contributed by atoms with Gasteiger partial charge in [-0.25, -0.2) is 9.07 Å². The number of ether oxygens (including phenoxy) is 3. The van der Waals surface area contributed by atoms with Gasteiger partial charge in [-0.1, -0.05) is 50.3 Å². The number of nitrogens with zero attached hydrogens (tertiary/aromatic N) is 3. The Morgan fingerprint density at radius 3 is 2.81 bits per heavy atom. The summed E-state index contributed by atoms with van der Waals surface area (Å²) in [5, 5.41) is 8.41. The van der Waals surface area contributed by atoms with Crippen molar-refractivity contribution in [1.29, 1.82) is 0 Å². The molecule has 1 aromatic heterocycles. The zero-order chi connectivity index (χ0) is 29.3. The van der Waals surface area contributed by atoms with E-state index in [0.29, 0.717) is 53.9 Å². The van der Waals surface area contributed by atoms with Gasteiger partial charge in [-0.3, -0.25) is 0 Å². The Hall–Kier alpha value is -2.77. The molecule has 0 bridgehead atoms. The molecule has 3 aliphatic carbocycles. The summed E-state index contributed by atoms with van der Waals surface area (Å²) in [6.07, 6.45) is 10.5. The lowest BCUT2D eigenvalue weighted by molar-refractivity contribution is -0.272. The maximum atomic E-state index is 14.0. The summed E-state index contributed by atoms with van der Waals surface area (Å²) in [5.74, 6) is 4.10. The van der Waals surface area contributed by atoms with Crippen molar-refractivity contribution in [2.75, 3.05) is 6.61 Å². The van der Waals surface area contributed by atoms with E-state index in [4.69, 9.17) is 14.2 Å². The summed E-state index contributed by atoms with van der Waals surface area (Å²) >= 11 is 0. The molecule has 0 unspecified atom stereocenters. The number of fused-ring (bicyclic) bond motifs is 7. The van der Waals surface area contributed by atoms with Gasteiger partial charge in [-0.2, -0.15) is 0 Å². The van der Waals surface area contributed by atoms with Crippen LogP contribution in [0.15, 0.2) is 48.7 Å². The van der Waals surface area contributed by atoms with Gasteiger partial charge in [0.05, 0.1) is 25.5 Å². The van der Waals surface area contributed by atoms with Gasteiger partial charge < -0.3 is 14.2 Å². The first-order valence-corrected chi connectivity index (χ1v) is 16.5. The van der Waals surface area contributed by atoms with Gasteiger partial charge in [0.1, 0.15) is 23.9 Å². The Morgan fingerprint density at radius 1 is 1.09 bits per heavy atom. The van der Waals surface area contributed by atoms with Crippen LogP contribution in [0.1, 0.15) is 87.6 Å². The largest absolute Gasteiger partial charge is 0.487 e. The number of halogens is 1. The van der Waals surface area contributed by atoms with Crippen molar-refractivity contribution < 1.29 is 18.6 Å². The lowest BCUT2D eigenvalue weighted by atomic mass is 9.53. The van der Waals surface area contributed by atoms with Crippen molar-refractivity contribution in [3.05, 3.63) is 76.9 Å². The highest BCUT2D eigenvalue weighted by molar-refractivity contribution is 5.41. The van der Waals surface area contributed by atoms with E-state index in [1.165, 1.54) is 49.3 Å². The fourth-order valence-corrected chi connectivity index (χ4v) is 10.1. The van der Waals surface area contributed by atoms with Gasteiger partial charge in [-0.15, -0.1) is 5.10 Å². The van der Waals surface area contributed by atoms with E-state index < -0.39 is 0 Å². The molecule has 6 nitrogen and oxygen atoms in total. The Kier molecular flexibility index (Phi) is 6.72. The Bertz CT molecular complexity index is 1500. The molecule has 2 aromatic carbocycles. The minimum absolute atomic E-state index is 0.231. The standard InChI is InChI=1S/C36H44FN3O3/c1-22-12-15-36(42-20-22)23(2)34-33(43-36)17-31-30-10-8-24-16-27(9-11-28(24)29(30)13-14-35(31,34)3)41-21-26-19-40(39-38-26)18-25-6-4-5-7-32(25)37/h4-7,9,11,16,19,22-23,29-31,33-34H,8,10,12-15,17-18,20-21H2,1-3H3/t22-,23+,29-,30-,31+,33+,34+,35+,36-/m1/s1. The monoisotopic (exact) mass is 585 g/mol. The second-order valence-corrected chi connectivity index (χ2v) is 14.6. The number of hydrogen-bond acceptors (Lipinski definition) is 5.